The minimum absolute atomic E-state index is 0.212. The van der Waals surface area contributed by atoms with Crippen molar-refractivity contribution in [1.29, 1.82) is 0 Å². The minimum atomic E-state index is -0.599. The Balaban J connectivity index is 1.79. The maximum absolute atomic E-state index is 12.9. The number of imide groups is 1. The Labute approximate surface area is 152 Å². The molecule has 1 saturated heterocycles. The average Bonchev–Trinajstić information content (AvgIpc) is 2.72. The Hall–Kier alpha value is -1.88. The zero-order valence-electron chi connectivity index (χ0n) is 15.0. The number of piperidine rings is 1. The van der Waals surface area contributed by atoms with Crippen molar-refractivity contribution in [1.82, 2.24) is 4.90 Å². The van der Waals surface area contributed by atoms with Crippen LogP contribution in [0.3, 0.4) is 0 Å². The first kappa shape index (κ1) is 17.9. The van der Waals surface area contributed by atoms with Gasteiger partial charge in [-0.3, -0.25) is 19.3 Å². The van der Waals surface area contributed by atoms with Gasteiger partial charge < -0.3 is 5.32 Å². The molecule has 0 aromatic heterocycles. The highest BCUT2D eigenvalue weighted by atomic mass is 35.5. The lowest BCUT2D eigenvalue weighted by Crippen LogP contribution is -2.60. The van der Waals surface area contributed by atoms with Crippen LogP contribution in [-0.4, -0.2) is 29.2 Å². The third kappa shape index (κ3) is 2.65. The van der Waals surface area contributed by atoms with Crippen molar-refractivity contribution in [3.63, 3.8) is 0 Å². The van der Waals surface area contributed by atoms with Crippen molar-refractivity contribution >= 4 is 35.0 Å². The molecule has 1 aromatic carbocycles. The fourth-order valence-electron chi connectivity index (χ4n) is 4.11. The van der Waals surface area contributed by atoms with E-state index in [2.05, 4.69) is 5.32 Å². The second-order valence-electron chi connectivity index (χ2n) is 7.88. The molecule has 2 bridgehead atoms. The largest absolute Gasteiger partial charge is 0.324 e. The van der Waals surface area contributed by atoms with Crippen molar-refractivity contribution in [3.8, 4) is 0 Å². The van der Waals surface area contributed by atoms with Crippen LogP contribution in [0.5, 0.6) is 0 Å². The van der Waals surface area contributed by atoms with Crippen molar-refractivity contribution in [3.05, 3.63) is 28.8 Å². The molecular formula is C19H23ClN2O3. The summed E-state index contributed by atoms with van der Waals surface area (Å²) in [4.78, 5) is 39.3. The smallest absolute Gasteiger partial charge is 0.244 e. The van der Waals surface area contributed by atoms with Crippen LogP contribution in [0.25, 0.3) is 0 Å². The first-order valence-corrected chi connectivity index (χ1v) is 8.87. The van der Waals surface area contributed by atoms with Crippen LogP contribution in [0.4, 0.5) is 5.69 Å². The Kier molecular flexibility index (Phi) is 4.18. The standard InChI is InChI=1S/C19H23ClN2O3/c1-11-5-6-12(20)9-14(11)21-15(23)10-22-16(24)13-7-8-19(4,17(22)25)18(13,2)3/h5-6,9,13H,7-8,10H2,1-4H3,(H,21,23). The molecule has 2 aliphatic rings. The number of benzene rings is 1. The van der Waals surface area contributed by atoms with Crippen molar-refractivity contribution < 1.29 is 14.4 Å². The first-order chi connectivity index (χ1) is 11.6. The summed E-state index contributed by atoms with van der Waals surface area (Å²) in [6, 6.07) is 5.20. The molecule has 1 saturated carbocycles. The van der Waals surface area contributed by atoms with Crippen molar-refractivity contribution in [2.45, 2.75) is 40.5 Å². The SMILES string of the molecule is Cc1ccc(Cl)cc1NC(=O)CN1C(=O)C2CCC(C)(C1=O)C2(C)C. The average molecular weight is 363 g/mol. The lowest BCUT2D eigenvalue weighted by molar-refractivity contribution is -0.168. The highest BCUT2D eigenvalue weighted by molar-refractivity contribution is 6.31. The monoisotopic (exact) mass is 362 g/mol. The molecule has 1 aliphatic heterocycles. The van der Waals surface area contributed by atoms with E-state index in [4.69, 9.17) is 11.6 Å². The van der Waals surface area contributed by atoms with Crippen LogP contribution in [-0.2, 0) is 14.4 Å². The number of rotatable bonds is 3. The molecule has 5 nitrogen and oxygen atoms in total. The van der Waals surface area contributed by atoms with Crippen LogP contribution in [0, 0.1) is 23.7 Å². The van der Waals surface area contributed by atoms with Gasteiger partial charge in [-0.25, -0.2) is 0 Å². The lowest BCUT2D eigenvalue weighted by atomic mass is 9.62. The Morgan fingerprint density at radius 3 is 2.68 bits per heavy atom. The van der Waals surface area contributed by atoms with Gasteiger partial charge in [0.1, 0.15) is 6.54 Å². The van der Waals surface area contributed by atoms with E-state index in [1.807, 2.05) is 27.7 Å². The van der Waals surface area contributed by atoms with Gasteiger partial charge in [0.2, 0.25) is 17.7 Å². The number of nitrogens with zero attached hydrogens (tertiary/aromatic N) is 1. The van der Waals surface area contributed by atoms with Crippen LogP contribution >= 0.6 is 11.6 Å². The molecule has 6 heteroatoms. The van der Waals surface area contributed by atoms with E-state index >= 15 is 0 Å². The summed E-state index contributed by atoms with van der Waals surface area (Å²) >= 11 is 5.96. The maximum atomic E-state index is 12.9. The number of hydrogen-bond donors (Lipinski definition) is 1. The quantitative estimate of drug-likeness (QED) is 0.838. The van der Waals surface area contributed by atoms with Gasteiger partial charge in [-0.2, -0.15) is 0 Å². The minimum Gasteiger partial charge on any atom is -0.324 e. The Morgan fingerprint density at radius 1 is 1.32 bits per heavy atom. The second-order valence-corrected chi connectivity index (χ2v) is 8.32. The van der Waals surface area contributed by atoms with Crippen molar-refractivity contribution in [2.75, 3.05) is 11.9 Å². The van der Waals surface area contributed by atoms with Gasteiger partial charge in [0.25, 0.3) is 0 Å². The van der Waals surface area contributed by atoms with Crippen LogP contribution < -0.4 is 5.32 Å². The number of halogens is 1. The zero-order valence-corrected chi connectivity index (χ0v) is 15.7. The number of aryl methyl sites for hydroxylation is 1. The molecule has 2 atom stereocenters. The van der Waals surface area contributed by atoms with Crippen LogP contribution in [0.2, 0.25) is 5.02 Å². The van der Waals surface area contributed by atoms with Gasteiger partial charge in [-0.15, -0.1) is 0 Å². The molecule has 0 radical (unpaired) electrons. The second kappa shape index (κ2) is 5.84. The number of fused-ring (bicyclic) bond motifs is 2. The van der Waals surface area contributed by atoms with Gasteiger partial charge in [-0.05, 0) is 42.9 Å². The summed E-state index contributed by atoms with van der Waals surface area (Å²) in [6.45, 7) is 7.47. The van der Waals surface area contributed by atoms with Crippen molar-refractivity contribution in [2.24, 2.45) is 16.7 Å². The van der Waals surface area contributed by atoms with Gasteiger partial charge in [0.05, 0.1) is 5.41 Å². The first-order valence-electron chi connectivity index (χ1n) is 8.50. The van der Waals surface area contributed by atoms with E-state index in [1.54, 1.807) is 18.2 Å². The number of carbonyl (C=O) groups excluding carboxylic acids is 3. The maximum Gasteiger partial charge on any atom is 0.244 e. The molecule has 1 heterocycles. The Morgan fingerprint density at radius 2 is 2.00 bits per heavy atom. The zero-order chi connectivity index (χ0) is 18.6. The van der Waals surface area contributed by atoms with E-state index in [0.29, 0.717) is 23.6 Å². The van der Waals surface area contributed by atoms with Gasteiger partial charge in [0.15, 0.2) is 0 Å². The number of likely N-dealkylation sites (tertiary alicyclic amines) is 1. The molecule has 0 spiro atoms. The van der Waals surface area contributed by atoms with E-state index in [9.17, 15) is 14.4 Å². The Bertz CT molecular complexity index is 774. The van der Waals surface area contributed by atoms with Gasteiger partial charge in [0, 0.05) is 16.6 Å². The van der Waals surface area contributed by atoms with E-state index < -0.39 is 11.3 Å². The van der Waals surface area contributed by atoms with Crippen LogP contribution in [0.15, 0.2) is 18.2 Å². The van der Waals surface area contributed by atoms with E-state index in [1.165, 1.54) is 0 Å². The number of carbonyl (C=O) groups is 3. The normalized spacial score (nSPS) is 27.6. The molecule has 1 aliphatic carbocycles. The molecule has 1 aromatic rings. The van der Waals surface area contributed by atoms with E-state index in [-0.39, 0.29) is 29.7 Å². The predicted octanol–water partition coefficient (Wildman–Crippen LogP) is 3.40. The summed E-state index contributed by atoms with van der Waals surface area (Å²) in [5.74, 6) is -1.08. The summed E-state index contributed by atoms with van der Waals surface area (Å²) < 4.78 is 0. The van der Waals surface area contributed by atoms with Gasteiger partial charge in [-0.1, -0.05) is 38.4 Å². The summed E-state index contributed by atoms with van der Waals surface area (Å²) in [7, 11) is 0. The molecule has 25 heavy (non-hydrogen) atoms. The number of hydrogen-bond acceptors (Lipinski definition) is 3. The number of amides is 3. The van der Waals surface area contributed by atoms with Crippen LogP contribution in [0.1, 0.15) is 39.2 Å². The molecule has 2 unspecified atom stereocenters. The molecule has 1 N–H and O–H groups in total. The van der Waals surface area contributed by atoms with Gasteiger partial charge >= 0.3 is 0 Å². The van der Waals surface area contributed by atoms with E-state index in [0.717, 1.165) is 10.5 Å². The fourth-order valence-corrected chi connectivity index (χ4v) is 4.29. The predicted molar refractivity (Wildman–Crippen MR) is 96.2 cm³/mol. The molecule has 134 valence electrons. The molecule has 3 rings (SSSR count). The lowest BCUT2D eigenvalue weighted by Gasteiger charge is -2.47. The highest BCUT2D eigenvalue weighted by Gasteiger charge is 2.64. The molecule has 2 fully saturated rings. The number of nitrogens with one attached hydrogen (secondary N) is 1. The highest BCUT2D eigenvalue weighted by Crippen LogP contribution is 2.59. The number of anilines is 1. The summed E-state index contributed by atoms with van der Waals surface area (Å²) in [6.07, 6.45) is 1.38. The molecular weight excluding hydrogens is 340 g/mol. The summed E-state index contributed by atoms with van der Waals surface area (Å²) in [5, 5.41) is 3.27. The molecule has 3 amide bonds. The third-order valence-corrected chi connectivity index (χ3v) is 6.52. The third-order valence-electron chi connectivity index (χ3n) is 6.28. The topological polar surface area (TPSA) is 66.5 Å². The fraction of sp³-hybridized carbons (Fsp3) is 0.526. The summed E-state index contributed by atoms with van der Waals surface area (Å²) in [5.41, 5.74) is 0.473.